The van der Waals surface area contributed by atoms with Gasteiger partial charge in [-0.15, -0.1) is 0 Å². The van der Waals surface area contributed by atoms with E-state index in [4.69, 9.17) is 4.84 Å². The van der Waals surface area contributed by atoms with E-state index in [2.05, 4.69) is 10.3 Å². The number of fused-ring (bicyclic) bond motifs is 2. The van der Waals surface area contributed by atoms with Crippen molar-refractivity contribution in [2.75, 3.05) is 19.5 Å². The van der Waals surface area contributed by atoms with Crippen molar-refractivity contribution >= 4 is 34.9 Å². The predicted molar refractivity (Wildman–Crippen MR) is 114 cm³/mol. The van der Waals surface area contributed by atoms with Gasteiger partial charge in [0.05, 0.1) is 12.7 Å². The summed E-state index contributed by atoms with van der Waals surface area (Å²) >= 11 is 0. The average molecular weight is 407 g/mol. The van der Waals surface area contributed by atoms with Gasteiger partial charge in [0.1, 0.15) is 0 Å². The van der Waals surface area contributed by atoms with Gasteiger partial charge in [-0.1, -0.05) is 13.8 Å². The lowest BCUT2D eigenvalue weighted by molar-refractivity contribution is -0.110. The quantitative estimate of drug-likeness (QED) is 0.601. The third kappa shape index (κ3) is 3.06. The number of rotatable bonds is 3. The topological polar surface area (TPSA) is 91.5 Å². The molecule has 0 spiro atoms. The van der Waals surface area contributed by atoms with E-state index >= 15 is 0 Å². The van der Waals surface area contributed by atoms with Crippen LogP contribution >= 0.6 is 0 Å². The number of hydroxylamine groups is 2. The second kappa shape index (κ2) is 6.95. The van der Waals surface area contributed by atoms with Crippen LogP contribution in [0.5, 0.6) is 0 Å². The number of carbonyl (C=O) groups excluding carboxylic acids is 3. The molecule has 156 valence electrons. The highest BCUT2D eigenvalue weighted by Crippen LogP contribution is 2.39. The summed E-state index contributed by atoms with van der Waals surface area (Å²) in [7, 11) is 2.95. The number of Topliss-reactive ketones (excluding diaryl/α,β-unsaturated/α-hetero) is 1. The number of nitrogens with zero attached hydrogens (tertiary/aromatic N) is 1. The van der Waals surface area contributed by atoms with E-state index in [0.717, 1.165) is 40.4 Å². The van der Waals surface area contributed by atoms with Crippen LogP contribution in [0.1, 0.15) is 63.5 Å². The monoisotopic (exact) mass is 407 g/mol. The molecule has 1 aromatic heterocycles. The van der Waals surface area contributed by atoms with E-state index in [1.807, 2.05) is 20.8 Å². The zero-order valence-electron chi connectivity index (χ0n) is 17.8. The summed E-state index contributed by atoms with van der Waals surface area (Å²) in [5.41, 5.74) is 5.04. The number of carbonyl (C=O) groups is 3. The summed E-state index contributed by atoms with van der Waals surface area (Å²) in [4.78, 5) is 46.3. The molecule has 1 aliphatic carbocycles. The van der Waals surface area contributed by atoms with Crippen molar-refractivity contribution < 1.29 is 19.2 Å². The minimum Gasteiger partial charge on any atom is -0.358 e. The minimum absolute atomic E-state index is 0.133. The Balaban J connectivity index is 1.78. The molecule has 2 aromatic rings. The molecule has 0 fully saturated rings. The van der Waals surface area contributed by atoms with Crippen LogP contribution in [0.15, 0.2) is 18.2 Å². The lowest BCUT2D eigenvalue weighted by Gasteiger charge is -2.28. The molecule has 7 heteroatoms. The number of ketones is 1. The summed E-state index contributed by atoms with van der Waals surface area (Å²) in [5.74, 6) is -0.416. The molecule has 4 rings (SSSR count). The molecule has 2 N–H and O–H groups in total. The minimum atomic E-state index is -0.385. The fourth-order valence-electron chi connectivity index (χ4n) is 4.08. The molecule has 2 heterocycles. The van der Waals surface area contributed by atoms with Crippen molar-refractivity contribution in [2.24, 2.45) is 5.41 Å². The Labute approximate surface area is 175 Å². The molecule has 0 saturated carbocycles. The number of amides is 2. The number of aromatic nitrogens is 1. The molecule has 0 radical (unpaired) electrons. The Morgan fingerprint density at radius 1 is 1.27 bits per heavy atom. The van der Waals surface area contributed by atoms with Gasteiger partial charge >= 0.3 is 0 Å². The van der Waals surface area contributed by atoms with Crippen LogP contribution in [0.2, 0.25) is 0 Å². The average Bonchev–Trinajstić information content (AvgIpc) is 3.20. The fraction of sp³-hybridized carbons (Fsp3) is 0.348. The lowest BCUT2D eigenvalue weighted by atomic mass is 9.74. The van der Waals surface area contributed by atoms with Crippen molar-refractivity contribution in [1.82, 2.24) is 10.0 Å². The van der Waals surface area contributed by atoms with Crippen LogP contribution < -0.4 is 5.32 Å². The first-order valence-electron chi connectivity index (χ1n) is 9.90. The van der Waals surface area contributed by atoms with Crippen molar-refractivity contribution in [1.29, 1.82) is 0 Å². The normalized spacial score (nSPS) is 18.2. The van der Waals surface area contributed by atoms with Gasteiger partial charge in [-0.3, -0.25) is 19.2 Å². The maximum absolute atomic E-state index is 12.9. The molecule has 7 nitrogen and oxygen atoms in total. The molecule has 0 bridgehead atoms. The van der Waals surface area contributed by atoms with E-state index in [0.29, 0.717) is 22.4 Å². The highest BCUT2D eigenvalue weighted by atomic mass is 16.7. The van der Waals surface area contributed by atoms with Crippen molar-refractivity contribution in [3.63, 3.8) is 0 Å². The Morgan fingerprint density at radius 2 is 2.00 bits per heavy atom. The predicted octanol–water partition coefficient (Wildman–Crippen LogP) is 3.60. The second-order valence-corrected chi connectivity index (χ2v) is 8.49. The van der Waals surface area contributed by atoms with Crippen molar-refractivity contribution in [3.05, 3.63) is 51.8 Å². The SMILES string of the molecule is CON(C)C(=O)c1ccc2c(c1)/C(=C/c1[nH]c3c(c1C)C(=O)C(C)(C)CC3)C(=O)N2. The number of anilines is 1. The van der Waals surface area contributed by atoms with E-state index in [-0.39, 0.29) is 23.0 Å². The highest BCUT2D eigenvalue weighted by molar-refractivity contribution is 6.35. The molecule has 1 aromatic carbocycles. The van der Waals surface area contributed by atoms with E-state index in [9.17, 15) is 14.4 Å². The van der Waals surface area contributed by atoms with Crippen LogP contribution in [-0.4, -0.2) is 41.8 Å². The molecule has 30 heavy (non-hydrogen) atoms. The third-order valence-corrected chi connectivity index (χ3v) is 6.11. The van der Waals surface area contributed by atoms with Gasteiger partial charge in [0.15, 0.2) is 5.78 Å². The van der Waals surface area contributed by atoms with Gasteiger partial charge in [0.25, 0.3) is 11.8 Å². The van der Waals surface area contributed by atoms with Crippen LogP contribution in [-0.2, 0) is 16.1 Å². The molecule has 1 aliphatic heterocycles. The van der Waals surface area contributed by atoms with Crippen molar-refractivity contribution in [3.8, 4) is 0 Å². The standard InChI is InChI=1S/C23H25N3O4/c1-12-18(24-17-8-9-23(2,3)20(27)19(12)17)11-15-14-10-13(22(29)26(4)30-5)6-7-16(14)25-21(15)28/h6-7,10-11,24H,8-9H2,1-5H3,(H,25,28)/b15-11-. The summed E-state index contributed by atoms with van der Waals surface area (Å²) in [6, 6.07) is 5.05. The molecular formula is C23H25N3O4. The zero-order chi connectivity index (χ0) is 21.8. The summed E-state index contributed by atoms with van der Waals surface area (Å²) < 4.78 is 0. The molecule has 0 atom stereocenters. The van der Waals surface area contributed by atoms with Gasteiger partial charge < -0.3 is 10.3 Å². The first-order chi connectivity index (χ1) is 14.1. The fourth-order valence-corrected chi connectivity index (χ4v) is 4.08. The first-order valence-corrected chi connectivity index (χ1v) is 9.90. The molecular weight excluding hydrogens is 382 g/mol. The van der Waals surface area contributed by atoms with Gasteiger partial charge in [0, 0.05) is 46.2 Å². The summed E-state index contributed by atoms with van der Waals surface area (Å²) in [6.45, 7) is 5.85. The number of aromatic amines is 1. The van der Waals surface area contributed by atoms with Gasteiger partial charge in [-0.2, -0.15) is 0 Å². The molecule has 2 amide bonds. The van der Waals surface area contributed by atoms with Crippen LogP contribution in [0.25, 0.3) is 11.6 Å². The van der Waals surface area contributed by atoms with Crippen molar-refractivity contribution in [2.45, 2.75) is 33.6 Å². The van der Waals surface area contributed by atoms with Crippen LogP contribution in [0, 0.1) is 12.3 Å². The number of aryl methyl sites for hydroxylation is 1. The first kappa shape index (κ1) is 20.1. The zero-order valence-corrected chi connectivity index (χ0v) is 17.8. The Kier molecular flexibility index (Phi) is 4.66. The number of H-pyrrole nitrogens is 1. The van der Waals surface area contributed by atoms with E-state index in [1.165, 1.54) is 14.2 Å². The summed E-state index contributed by atoms with van der Waals surface area (Å²) in [5, 5.41) is 3.97. The lowest BCUT2D eigenvalue weighted by Crippen LogP contribution is -2.30. The number of hydrogen-bond acceptors (Lipinski definition) is 4. The number of hydrogen-bond donors (Lipinski definition) is 2. The largest absolute Gasteiger partial charge is 0.358 e. The smallest absolute Gasteiger partial charge is 0.277 e. The third-order valence-electron chi connectivity index (χ3n) is 6.11. The maximum atomic E-state index is 12.9. The number of nitrogens with one attached hydrogen (secondary N) is 2. The Hall–Kier alpha value is -3.19. The van der Waals surface area contributed by atoms with Gasteiger partial charge in [-0.05, 0) is 49.6 Å². The Morgan fingerprint density at radius 3 is 2.70 bits per heavy atom. The summed E-state index contributed by atoms with van der Waals surface area (Å²) in [6.07, 6.45) is 3.35. The van der Waals surface area contributed by atoms with Crippen LogP contribution in [0.4, 0.5) is 5.69 Å². The maximum Gasteiger partial charge on any atom is 0.277 e. The second-order valence-electron chi connectivity index (χ2n) is 8.49. The number of benzene rings is 1. The van der Waals surface area contributed by atoms with E-state index in [1.54, 1.807) is 24.3 Å². The van der Waals surface area contributed by atoms with Crippen LogP contribution in [0.3, 0.4) is 0 Å². The Bertz CT molecular complexity index is 1120. The van der Waals surface area contributed by atoms with Gasteiger partial charge in [-0.25, -0.2) is 5.06 Å². The highest BCUT2D eigenvalue weighted by Gasteiger charge is 2.37. The van der Waals surface area contributed by atoms with Gasteiger partial charge in [0.2, 0.25) is 0 Å². The van der Waals surface area contributed by atoms with E-state index < -0.39 is 0 Å². The molecule has 0 saturated heterocycles. The molecule has 0 unspecified atom stereocenters. The molecule has 2 aliphatic rings.